The van der Waals surface area contributed by atoms with Crippen molar-refractivity contribution in [3.63, 3.8) is 0 Å². The van der Waals surface area contributed by atoms with Crippen LogP contribution in [0.2, 0.25) is 0 Å². The highest BCUT2D eigenvalue weighted by molar-refractivity contribution is 5.79. The topological polar surface area (TPSA) is 59.3 Å². The predicted molar refractivity (Wildman–Crippen MR) is 75.1 cm³/mol. The number of hydrogen-bond acceptors (Lipinski definition) is 4. The molecule has 0 N–H and O–H groups in total. The van der Waals surface area contributed by atoms with Crippen LogP contribution in [-0.2, 0) is 14.3 Å². The number of alkyl halides is 3. The molecule has 0 unspecified atom stereocenters. The molecular weight excluding hydrogens is 311 g/mol. The van der Waals surface area contributed by atoms with Gasteiger partial charge in [0, 0.05) is 0 Å². The lowest BCUT2D eigenvalue weighted by Gasteiger charge is -2.38. The molecule has 2 bridgehead atoms. The summed E-state index contributed by atoms with van der Waals surface area (Å²) in [6, 6.07) is 1.64. The molecule has 2 heterocycles. The summed E-state index contributed by atoms with van der Waals surface area (Å²) in [5.41, 5.74) is -3.04. The largest absolute Gasteiger partial charge is 0.465 e. The molecule has 3 atom stereocenters. The molecule has 2 aliphatic heterocycles. The molecule has 0 spiro atoms. The number of rotatable bonds is 5. The van der Waals surface area contributed by atoms with Crippen LogP contribution in [0.3, 0.4) is 0 Å². The Morgan fingerprint density at radius 2 is 2.17 bits per heavy atom. The molecular formula is C16H18F3NO3. The molecule has 0 amide bonds. The first kappa shape index (κ1) is 17.5. The van der Waals surface area contributed by atoms with Crippen LogP contribution < -0.4 is 0 Å². The number of carbonyl (C=O) groups is 1. The van der Waals surface area contributed by atoms with Crippen molar-refractivity contribution < 1.29 is 27.4 Å². The van der Waals surface area contributed by atoms with Gasteiger partial charge in [-0.05, 0) is 19.4 Å². The summed E-state index contributed by atoms with van der Waals surface area (Å²) in [5, 5.41) is 9.36. The van der Waals surface area contributed by atoms with Crippen molar-refractivity contribution in [2.45, 2.75) is 51.0 Å². The van der Waals surface area contributed by atoms with Crippen molar-refractivity contribution in [2.75, 3.05) is 6.61 Å². The molecule has 23 heavy (non-hydrogen) atoms. The van der Waals surface area contributed by atoms with Gasteiger partial charge in [0.25, 0.3) is 0 Å². The number of nitrogens with zero attached hydrogens (tertiary/aromatic N) is 1. The summed E-state index contributed by atoms with van der Waals surface area (Å²) in [6.45, 7) is 3.37. The minimum absolute atomic E-state index is 0.0419. The number of unbranched alkanes of at least 4 members (excludes halogenated alkanes) is 1. The SMILES string of the molecule is CCCC[C@]12C=C[C@H](O1)[C@@H](C(=O)OCC)C(C(F)(F)F)=C2C#N. The van der Waals surface area contributed by atoms with Gasteiger partial charge in [-0.2, -0.15) is 18.4 Å². The van der Waals surface area contributed by atoms with E-state index >= 15 is 0 Å². The molecule has 0 fully saturated rings. The van der Waals surface area contributed by atoms with E-state index in [1.54, 1.807) is 6.07 Å². The molecule has 2 rings (SSSR count). The lowest BCUT2D eigenvalue weighted by atomic mass is 9.80. The van der Waals surface area contributed by atoms with E-state index in [0.29, 0.717) is 6.42 Å². The minimum atomic E-state index is -4.80. The normalized spacial score (nSPS) is 29.6. The number of halogens is 3. The Hall–Kier alpha value is -1.81. The van der Waals surface area contributed by atoms with Crippen LogP contribution >= 0.6 is 0 Å². The number of esters is 1. The Morgan fingerprint density at radius 3 is 2.70 bits per heavy atom. The molecule has 4 nitrogen and oxygen atoms in total. The zero-order valence-corrected chi connectivity index (χ0v) is 12.9. The van der Waals surface area contributed by atoms with Gasteiger partial charge in [-0.25, -0.2) is 0 Å². The number of nitriles is 1. The summed E-state index contributed by atoms with van der Waals surface area (Å²) < 4.78 is 51.3. The van der Waals surface area contributed by atoms with Crippen molar-refractivity contribution in [3.8, 4) is 6.07 Å². The van der Waals surface area contributed by atoms with Crippen LogP contribution in [0.5, 0.6) is 0 Å². The van der Waals surface area contributed by atoms with E-state index in [1.807, 2.05) is 6.92 Å². The fourth-order valence-electron chi connectivity index (χ4n) is 3.10. The van der Waals surface area contributed by atoms with Gasteiger partial charge in [0.2, 0.25) is 0 Å². The van der Waals surface area contributed by atoms with Gasteiger partial charge in [0.05, 0.1) is 29.9 Å². The lowest BCUT2D eigenvalue weighted by Crippen LogP contribution is -2.47. The van der Waals surface area contributed by atoms with E-state index in [1.165, 1.54) is 19.1 Å². The van der Waals surface area contributed by atoms with Gasteiger partial charge in [-0.15, -0.1) is 0 Å². The summed E-state index contributed by atoms with van der Waals surface area (Å²) in [4.78, 5) is 12.0. The highest BCUT2D eigenvalue weighted by atomic mass is 19.4. The summed E-state index contributed by atoms with van der Waals surface area (Å²) in [6.07, 6.45) is -1.30. The van der Waals surface area contributed by atoms with E-state index in [9.17, 15) is 23.2 Å². The Morgan fingerprint density at radius 1 is 1.48 bits per heavy atom. The Bertz CT molecular complexity index is 588. The summed E-state index contributed by atoms with van der Waals surface area (Å²) in [7, 11) is 0. The summed E-state index contributed by atoms with van der Waals surface area (Å²) >= 11 is 0. The number of hydrogen-bond donors (Lipinski definition) is 0. The average Bonchev–Trinajstić information content (AvgIpc) is 2.84. The highest BCUT2D eigenvalue weighted by Gasteiger charge is 2.58. The van der Waals surface area contributed by atoms with Crippen molar-refractivity contribution >= 4 is 5.97 Å². The lowest BCUT2D eigenvalue weighted by molar-refractivity contribution is -0.163. The molecule has 0 aromatic rings. The molecule has 0 saturated heterocycles. The van der Waals surface area contributed by atoms with E-state index in [0.717, 1.165) is 6.42 Å². The zero-order chi connectivity index (χ0) is 17.3. The number of fused-ring (bicyclic) bond motifs is 2. The molecule has 0 aromatic heterocycles. The summed E-state index contributed by atoms with van der Waals surface area (Å²) in [5.74, 6) is -2.67. The van der Waals surface area contributed by atoms with Gasteiger partial charge in [0.1, 0.15) is 11.5 Å². The maximum absolute atomic E-state index is 13.6. The van der Waals surface area contributed by atoms with Crippen LogP contribution in [0.25, 0.3) is 0 Å². The molecule has 0 aliphatic carbocycles. The average molecular weight is 329 g/mol. The third kappa shape index (κ3) is 3.00. The molecule has 0 aromatic carbocycles. The Labute approximate surface area is 132 Å². The molecule has 0 radical (unpaired) electrons. The van der Waals surface area contributed by atoms with E-state index in [4.69, 9.17) is 9.47 Å². The quantitative estimate of drug-likeness (QED) is 0.572. The van der Waals surface area contributed by atoms with Crippen LogP contribution in [0.4, 0.5) is 13.2 Å². The molecule has 126 valence electrons. The Kier molecular flexibility index (Phi) is 4.85. The van der Waals surface area contributed by atoms with Crippen molar-refractivity contribution in [2.24, 2.45) is 5.92 Å². The van der Waals surface area contributed by atoms with Gasteiger partial charge < -0.3 is 9.47 Å². The van der Waals surface area contributed by atoms with Crippen molar-refractivity contribution in [1.29, 1.82) is 5.26 Å². The Balaban J connectivity index is 2.58. The first-order valence-electron chi connectivity index (χ1n) is 7.56. The van der Waals surface area contributed by atoms with E-state index in [2.05, 4.69) is 0 Å². The van der Waals surface area contributed by atoms with E-state index in [-0.39, 0.29) is 13.0 Å². The van der Waals surface area contributed by atoms with Gasteiger partial charge in [0.15, 0.2) is 0 Å². The predicted octanol–water partition coefficient (Wildman–Crippen LogP) is 3.45. The maximum atomic E-state index is 13.6. The number of carbonyl (C=O) groups excluding carboxylic acids is 1. The van der Waals surface area contributed by atoms with Gasteiger partial charge >= 0.3 is 12.1 Å². The fourth-order valence-corrected chi connectivity index (χ4v) is 3.10. The second kappa shape index (κ2) is 6.36. The standard InChI is InChI=1S/C16H18F3NO3/c1-3-5-7-15-8-6-11(23-15)12(14(21)22-4-2)13(10(15)9-20)16(17,18)19/h6,8,11-12H,3-5,7H2,1-2H3/t11-,12+,15+/m0/s1. The monoisotopic (exact) mass is 329 g/mol. The second-order valence-electron chi connectivity index (χ2n) is 5.56. The molecule has 2 aliphatic rings. The third-order valence-electron chi connectivity index (χ3n) is 4.09. The number of ether oxygens (including phenoxy) is 2. The zero-order valence-electron chi connectivity index (χ0n) is 12.9. The van der Waals surface area contributed by atoms with Gasteiger partial charge in [-0.3, -0.25) is 4.79 Å². The highest BCUT2D eigenvalue weighted by Crippen LogP contribution is 2.50. The first-order chi connectivity index (χ1) is 10.8. The molecule has 0 saturated carbocycles. The van der Waals surface area contributed by atoms with Crippen LogP contribution in [0, 0.1) is 17.2 Å². The van der Waals surface area contributed by atoms with Crippen LogP contribution in [-0.4, -0.2) is 30.5 Å². The van der Waals surface area contributed by atoms with Crippen LogP contribution in [0.1, 0.15) is 33.1 Å². The van der Waals surface area contributed by atoms with Gasteiger partial charge in [-0.1, -0.05) is 25.8 Å². The van der Waals surface area contributed by atoms with Crippen molar-refractivity contribution in [1.82, 2.24) is 0 Å². The van der Waals surface area contributed by atoms with Crippen LogP contribution in [0.15, 0.2) is 23.3 Å². The first-order valence-corrected chi connectivity index (χ1v) is 7.56. The minimum Gasteiger partial charge on any atom is -0.465 e. The maximum Gasteiger partial charge on any atom is 0.414 e. The smallest absolute Gasteiger partial charge is 0.414 e. The molecule has 7 heteroatoms. The fraction of sp³-hybridized carbons (Fsp3) is 0.625. The van der Waals surface area contributed by atoms with Crippen molar-refractivity contribution in [3.05, 3.63) is 23.3 Å². The van der Waals surface area contributed by atoms with E-state index < -0.39 is 40.9 Å². The second-order valence-corrected chi connectivity index (χ2v) is 5.56. The third-order valence-corrected chi connectivity index (χ3v) is 4.09.